The summed E-state index contributed by atoms with van der Waals surface area (Å²) in [5, 5.41) is 0. The van der Waals surface area contributed by atoms with Crippen LogP contribution in [-0.4, -0.2) is 28.5 Å². The normalized spacial score (nSPS) is 17.1. The van der Waals surface area contributed by atoms with Crippen molar-refractivity contribution in [2.45, 2.75) is 53.0 Å². The maximum atomic E-state index is 13.0. The van der Waals surface area contributed by atoms with Crippen LogP contribution in [0.5, 0.6) is 0 Å². The summed E-state index contributed by atoms with van der Waals surface area (Å²) in [7, 11) is 0. The Morgan fingerprint density at radius 1 is 1.15 bits per heavy atom. The molecule has 2 heterocycles. The molecule has 27 heavy (non-hydrogen) atoms. The molecule has 1 aromatic carbocycles. The van der Waals surface area contributed by atoms with Gasteiger partial charge in [0.2, 0.25) is 0 Å². The van der Waals surface area contributed by atoms with Crippen molar-refractivity contribution in [3.05, 3.63) is 69.1 Å². The molecule has 1 aliphatic rings. The Bertz CT molecular complexity index is 869. The summed E-state index contributed by atoms with van der Waals surface area (Å²) in [6, 6.07) is 12.1. The van der Waals surface area contributed by atoms with E-state index in [4.69, 9.17) is 0 Å². The molecule has 0 N–H and O–H groups in total. The molecular weight excluding hydrogens is 336 g/mol. The number of carbonyl (C=O) groups is 1. The molecule has 3 rings (SSSR count). The van der Waals surface area contributed by atoms with E-state index in [9.17, 15) is 9.59 Å². The summed E-state index contributed by atoms with van der Waals surface area (Å²) < 4.78 is 1.67. The first kappa shape index (κ1) is 19.4. The summed E-state index contributed by atoms with van der Waals surface area (Å²) >= 11 is 0. The van der Waals surface area contributed by atoms with Gasteiger partial charge in [0.1, 0.15) is 5.56 Å². The van der Waals surface area contributed by atoms with E-state index in [-0.39, 0.29) is 11.5 Å². The summed E-state index contributed by atoms with van der Waals surface area (Å²) in [4.78, 5) is 27.5. The average Bonchev–Trinajstić information content (AvgIpc) is 2.67. The third-order valence-corrected chi connectivity index (χ3v) is 5.83. The number of hydrogen-bond acceptors (Lipinski definition) is 2. The van der Waals surface area contributed by atoms with Gasteiger partial charge in [-0.15, -0.1) is 0 Å². The summed E-state index contributed by atoms with van der Waals surface area (Å²) in [6.07, 6.45) is 4.30. The van der Waals surface area contributed by atoms with Gasteiger partial charge >= 0.3 is 0 Å². The summed E-state index contributed by atoms with van der Waals surface area (Å²) in [5.74, 6) is 0.393. The lowest BCUT2D eigenvalue weighted by Crippen LogP contribution is -2.42. The number of pyridine rings is 1. The van der Waals surface area contributed by atoms with Gasteiger partial charge in [0.25, 0.3) is 11.5 Å². The number of likely N-dealkylation sites (tertiary alicyclic amines) is 1. The van der Waals surface area contributed by atoms with Crippen molar-refractivity contribution in [2.24, 2.45) is 5.92 Å². The van der Waals surface area contributed by atoms with Crippen LogP contribution in [0.2, 0.25) is 0 Å². The van der Waals surface area contributed by atoms with Crippen LogP contribution in [0.25, 0.3) is 0 Å². The van der Waals surface area contributed by atoms with Gasteiger partial charge in [0.05, 0.1) is 0 Å². The Kier molecular flexibility index (Phi) is 6.15. The van der Waals surface area contributed by atoms with Crippen LogP contribution in [0.3, 0.4) is 0 Å². The molecule has 1 amide bonds. The Morgan fingerprint density at radius 3 is 2.67 bits per heavy atom. The van der Waals surface area contributed by atoms with Crippen molar-refractivity contribution >= 4 is 5.91 Å². The number of piperidine rings is 1. The zero-order chi connectivity index (χ0) is 19.4. The summed E-state index contributed by atoms with van der Waals surface area (Å²) in [5.41, 5.74) is 3.77. The van der Waals surface area contributed by atoms with Gasteiger partial charge < -0.3 is 9.47 Å². The molecule has 1 unspecified atom stereocenters. The number of rotatable bonds is 5. The predicted octanol–water partition coefficient (Wildman–Crippen LogP) is 3.97. The van der Waals surface area contributed by atoms with Crippen LogP contribution < -0.4 is 5.56 Å². The molecule has 1 saturated heterocycles. The SMILES string of the molecule is CCn1c(C)ccc(C(=O)N2CCCC(CCc3ccccc3C)C2)c1=O. The topological polar surface area (TPSA) is 42.3 Å². The van der Waals surface area contributed by atoms with Gasteiger partial charge in [-0.1, -0.05) is 24.3 Å². The van der Waals surface area contributed by atoms with E-state index in [0.29, 0.717) is 18.0 Å². The molecule has 1 aliphatic heterocycles. The van der Waals surface area contributed by atoms with Gasteiger partial charge in [-0.25, -0.2) is 0 Å². The van der Waals surface area contributed by atoms with Crippen molar-refractivity contribution < 1.29 is 4.79 Å². The lowest BCUT2D eigenvalue weighted by Gasteiger charge is -2.33. The maximum Gasteiger partial charge on any atom is 0.263 e. The van der Waals surface area contributed by atoms with Gasteiger partial charge in [0.15, 0.2) is 0 Å². The predicted molar refractivity (Wildman–Crippen MR) is 109 cm³/mol. The van der Waals surface area contributed by atoms with Crippen molar-refractivity contribution in [1.29, 1.82) is 0 Å². The largest absolute Gasteiger partial charge is 0.338 e. The minimum absolute atomic E-state index is 0.109. The maximum absolute atomic E-state index is 13.0. The Hall–Kier alpha value is -2.36. The standard InChI is InChI=1S/C23H30N2O2/c1-4-25-18(3)11-14-21(23(25)27)22(26)24-15-7-9-19(16-24)12-13-20-10-6-5-8-17(20)2/h5-6,8,10-11,14,19H,4,7,9,12-13,15-16H2,1-3H3. The van der Waals surface area contributed by atoms with Gasteiger partial charge in [-0.05, 0) is 75.6 Å². The lowest BCUT2D eigenvalue weighted by atomic mass is 9.90. The van der Waals surface area contributed by atoms with Crippen LogP contribution in [0, 0.1) is 19.8 Å². The highest BCUT2D eigenvalue weighted by Crippen LogP contribution is 2.23. The molecular formula is C23H30N2O2. The molecule has 4 heteroatoms. The van der Waals surface area contributed by atoms with Crippen molar-refractivity contribution in [3.63, 3.8) is 0 Å². The zero-order valence-corrected chi connectivity index (χ0v) is 16.7. The second-order valence-corrected chi connectivity index (χ2v) is 7.66. The van der Waals surface area contributed by atoms with Crippen LogP contribution in [-0.2, 0) is 13.0 Å². The molecule has 1 fully saturated rings. The van der Waals surface area contributed by atoms with E-state index >= 15 is 0 Å². The number of amides is 1. The van der Waals surface area contributed by atoms with E-state index < -0.39 is 0 Å². The molecule has 1 atom stereocenters. The first-order valence-corrected chi connectivity index (χ1v) is 10.1. The molecule has 1 aromatic heterocycles. The second-order valence-electron chi connectivity index (χ2n) is 7.66. The Morgan fingerprint density at radius 2 is 1.93 bits per heavy atom. The van der Waals surface area contributed by atoms with Crippen LogP contribution in [0.1, 0.15) is 53.4 Å². The first-order chi connectivity index (χ1) is 13.0. The monoisotopic (exact) mass is 366 g/mol. The van der Waals surface area contributed by atoms with Gasteiger partial charge in [-0.3, -0.25) is 9.59 Å². The number of carbonyl (C=O) groups excluding carboxylic acids is 1. The number of nitrogens with zero attached hydrogens (tertiary/aromatic N) is 2. The molecule has 2 aromatic rings. The van der Waals surface area contributed by atoms with Crippen molar-refractivity contribution in [3.8, 4) is 0 Å². The first-order valence-electron chi connectivity index (χ1n) is 10.1. The van der Waals surface area contributed by atoms with E-state index in [2.05, 4.69) is 31.2 Å². The van der Waals surface area contributed by atoms with Crippen molar-refractivity contribution in [1.82, 2.24) is 9.47 Å². The quantitative estimate of drug-likeness (QED) is 0.803. The van der Waals surface area contributed by atoms with Crippen LogP contribution in [0.15, 0.2) is 41.2 Å². The van der Waals surface area contributed by atoms with E-state index in [1.165, 1.54) is 11.1 Å². The second kappa shape index (κ2) is 8.55. The fraction of sp³-hybridized carbons (Fsp3) is 0.478. The van der Waals surface area contributed by atoms with Crippen molar-refractivity contribution in [2.75, 3.05) is 13.1 Å². The average molecular weight is 367 g/mol. The minimum Gasteiger partial charge on any atom is -0.338 e. The molecule has 0 saturated carbocycles. The van der Waals surface area contributed by atoms with E-state index in [0.717, 1.165) is 44.5 Å². The number of aryl methyl sites for hydroxylation is 3. The number of aromatic nitrogens is 1. The minimum atomic E-state index is -0.162. The molecule has 0 aliphatic carbocycles. The molecule has 4 nitrogen and oxygen atoms in total. The number of hydrogen-bond donors (Lipinski definition) is 0. The Labute approximate surface area is 161 Å². The lowest BCUT2D eigenvalue weighted by molar-refractivity contribution is 0.0666. The highest BCUT2D eigenvalue weighted by Gasteiger charge is 2.26. The third-order valence-electron chi connectivity index (χ3n) is 5.83. The molecule has 0 bridgehead atoms. The fourth-order valence-electron chi connectivity index (χ4n) is 4.13. The fourth-order valence-corrected chi connectivity index (χ4v) is 4.13. The molecule has 144 valence electrons. The summed E-state index contributed by atoms with van der Waals surface area (Å²) in [6.45, 7) is 8.09. The van der Waals surface area contributed by atoms with E-state index in [1.807, 2.05) is 24.8 Å². The molecule has 0 radical (unpaired) electrons. The smallest absolute Gasteiger partial charge is 0.263 e. The van der Waals surface area contributed by atoms with Crippen LogP contribution in [0.4, 0.5) is 0 Å². The Balaban J connectivity index is 1.68. The highest BCUT2D eigenvalue weighted by atomic mass is 16.2. The molecule has 0 spiro atoms. The van der Waals surface area contributed by atoms with Gasteiger partial charge in [0, 0.05) is 25.3 Å². The van der Waals surface area contributed by atoms with E-state index in [1.54, 1.807) is 10.6 Å². The van der Waals surface area contributed by atoms with Crippen LogP contribution >= 0.6 is 0 Å². The highest BCUT2D eigenvalue weighted by molar-refractivity contribution is 5.94. The number of benzene rings is 1. The zero-order valence-electron chi connectivity index (χ0n) is 16.7. The van der Waals surface area contributed by atoms with Gasteiger partial charge in [-0.2, -0.15) is 0 Å². The third kappa shape index (κ3) is 4.32.